The molecule has 0 aromatic heterocycles. The van der Waals surface area contributed by atoms with Gasteiger partial charge in [-0.25, -0.2) is 4.79 Å². The molecule has 3 atom stereocenters. The number of hydrogen-bond donors (Lipinski definition) is 2. The molecule has 29 heavy (non-hydrogen) atoms. The molecule has 164 valence electrons. The number of ether oxygens (including phenoxy) is 1. The first-order chi connectivity index (χ1) is 13.9. The molecule has 0 aromatic carbocycles. The van der Waals surface area contributed by atoms with Crippen molar-refractivity contribution >= 4 is 11.8 Å². The molecule has 2 aliphatic rings. The zero-order valence-corrected chi connectivity index (χ0v) is 18.0. The number of esters is 1. The predicted molar refractivity (Wildman–Crippen MR) is 113 cm³/mol. The van der Waals surface area contributed by atoms with E-state index in [4.69, 9.17) is 0 Å². The minimum atomic E-state index is -2.45. The highest BCUT2D eigenvalue weighted by atomic mass is 16.6. The van der Waals surface area contributed by atoms with Crippen LogP contribution in [-0.4, -0.2) is 34.9 Å². The lowest BCUT2D eigenvalue weighted by molar-refractivity contribution is -0.208. The second-order valence-corrected chi connectivity index (χ2v) is 8.73. The number of carbonyl (C=O) groups excluding carboxylic acids is 2. The van der Waals surface area contributed by atoms with Gasteiger partial charge < -0.3 is 14.9 Å². The minimum absolute atomic E-state index is 0.0196. The smallest absolute Gasteiger partial charge is 0.366 e. The van der Waals surface area contributed by atoms with Gasteiger partial charge in [0.15, 0.2) is 0 Å². The molecule has 5 nitrogen and oxygen atoms in total. The summed E-state index contributed by atoms with van der Waals surface area (Å²) in [5.41, 5.74) is 0. The number of hydrogen-bond acceptors (Lipinski definition) is 5. The van der Waals surface area contributed by atoms with Crippen molar-refractivity contribution < 1.29 is 24.5 Å². The van der Waals surface area contributed by atoms with E-state index in [1.54, 1.807) is 0 Å². The fourth-order valence-electron chi connectivity index (χ4n) is 4.39. The maximum absolute atomic E-state index is 12.3. The molecule has 2 rings (SSSR count). The van der Waals surface area contributed by atoms with E-state index < -0.39 is 11.8 Å². The Hall–Kier alpha value is -1.46. The third kappa shape index (κ3) is 7.71. The first-order valence-electron chi connectivity index (χ1n) is 11.3. The van der Waals surface area contributed by atoms with E-state index in [2.05, 4.69) is 23.8 Å². The van der Waals surface area contributed by atoms with Gasteiger partial charge in [0.25, 0.3) is 5.79 Å². The number of ketones is 1. The van der Waals surface area contributed by atoms with Gasteiger partial charge in [0.05, 0.1) is 7.11 Å². The van der Waals surface area contributed by atoms with Crippen molar-refractivity contribution in [1.82, 2.24) is 0 Å². The van der Waals surface area contributed by atoms with E-state index in [-0.39, 0.29) is 12.3 Å². The molecule has 0 bridgehead atoms. The van der Waals surface area contributed by atoms with Crippen molar-refractivity contribution in [1.29, 1.82) is 0 Å². The van der Waals surface area contributed by atoms with E-state index in [9.17, 15) is 19.8 Å². The molecular formula is C24H38O5. The number of aliphatic hydroxyl groups is 2. The van der Waals surface area contributed by atoms with Gasteiger partial charge in [0, 0.05) is 18.8 Å². The summed E-state index contributed by atoms with van der Waals surface area (Å²) in [5, 5.41) is 19.2. The van der Waals surface area contributed by atoms with E-state index in [0.29, 0.717) is 31.0 Å². The Morgan fingerprint density at radius 2 is 2.00 bits per heavy atom. The number of carbonyl (C=O) groups is 2. The summed E-state index contributed by atoms with van der Waals surface area (Å²) in [4.78, 5) is 23.5. The average molecular weight is 407 g/mol. The molecule has 5 heteroatoms. The van der Waals surface area contributed by atoms with Gasteiger partial charge in [-0.1, -0.05) is 44.1 Å². The van der Waals surface area contributed by atoms with Crippen LogP contribution in [0.5, 0.6) is 0 Å². The predicted octanol–water partition coefficient (Wildman–Crippen LogP) is 4.32. The molecule has 2 fully saturated rings. The normalized spacial score (nSPS) is 23.9. The van der Waals surface area contributed by atoms with E-state index in [1.165, 1.54) is 32.1 Å². The molecule has 0 amide bonds. The highest BCUT2D eigenvalue weighted by molar-refractivity contribution is 5.83. The average Bonchev–Trinajstić information content (AvgIpc) is 3.48. The fraction of sp³-hybridized carbons (Fsp3) is 0.750. The standard InChI is InChI=1S/C24H38O5/c1-3-4-9-18(19-13-14-19)10-8-11-20-15-16-22(25)21(20)12-6-5-7-17-24(27,28)23(26)29-2/h5-6,8,11,18-21,27-28H,3-4,7,9-10,12-17H2,1-2H3/b6-5-,11-8+/t18-,20+,21-/m1/s1. The Morgan fingerprint density at radius 1 is 1.24 bits per heavy atom. The summed E-state index contributed by atoms with van der Waals surface area (Å²) < 4.78 is 4.36. The number of methoxy groups -OCH3 is 1. The fourth-order valence-corrected chi connectivity index (χ4v) is 4.39. The monoisotopic (exact) mass is 406 g/mol. The lowest BCUT2D eigenvalue weighted by Crippen LogP contribution is -2.39. The van der Waals surface area contributed by atoms with Crippen molar-refractivity contribution in [2.45, 2.75) is 83.3 Å². The van der Waals surface area contributed by atoms with Crippen LogP contribution in [0.3, 0.4) is 0 Å². The molecule has 0 unspecified atom stereocenters. The van der Waals surface area contributed by atoms with Crippen LogP contribution < -0.4 is 0 Å². The van der Waals surface area contributed by atoms with Crippen LogP contribution in [0.2, 0.25) is 0 Å². The minimum Gasteiger partial charge on any atom is -0.465 e. The third-order valence-electron chi connectivity index (χ3n) is 6.42. The largest absolute Gasteiger partial charge is 0.465 e. The van der Waals surface area contributed by atoms with Gasteiger partial charge in [-0.3, -0.25) is 4.79 Å². The van der Waals surface area contributed by atoms with E-state index in [0.717, 1.165) is 31.8 Å². The summed E-state index contributed by atoms with van der Waals surface area (Å²) in [5.74, 6) is -1.12. The van der Waals surface area contributed by atoms with Crippen LogP contribution in [0.15, 0.2) is 24.3 Å². The molecule has 0 saturated heterocycles. The molecule has 2 N–H and O–H groups in total. The molecule has 2 aliphatic carbocycles. The second kappa shape index (κ2) is 11.7. The third-order valence-corrected chi connectivity index (χ3v) is 6.42. The van der Waals surface area contributed by atoms with Gasteiger partial charge >= 0.3 is 5.97 Å². The van der Waals surface area contributed by atoms with Gasteiger partial charge in [-0.2, -0.15) is 0 Å². The maximum atomic E-state index is 12.3. The van der Waals surface area contributed by atoms with Crippen LogP contribution in [0.4, 0.5) is 0 Å². The van der Waals surface area contributed by atoms with E-state index in [1.807, 2.05) is 12.2 Å². The molecule has 0 aromatic rings. The van der Waals surface area contributed by atoms with Crippen LogP contribution >= 0.6 is 0 Å². The summed E-state index contributed by atoms with van der Waals surface area (Å²) in [6.45, 7) is 2.25. The topological polar surface area (TPSA) is 83.8 Å². The molecule has 0 spiro atoms. The highest BCUT2D eigenvalue weighted by Crippen LogP contribution is 2.41. The Labute approximate surface area is 175 Å². The Bertz CT molecular complexity index is 588. The Kier molecular flexibility index (Phi) is 9.57. The van der Waals surface area contributed by atoms with Crippen molar-refractivity contribution in [2.75, 3.05) is 7.11 Å². The lowest BCUT2D eigenvalue weighted by atomic mass is 9.89. The lowest BCUT2D eigenvalue weighted by Gasteiger charge is -2.17. The number of unbranched alkanes of at least 4 members (excludes halogenated alkanes) is 1. The molecule has 2 saturated carbocycles. The molecule has 0 radical (unpaired) electrons. The maximum Gasteiger partial charge on any atom is 0.366 e. The van der Waals surface area contributed by atoms with Crippen molar-refractivity contribution in [3.05, 3.63) is 24.3 Å². The summed E-state index contributed by atoms with van der Waals surface area (Å²) in [6, 6.07) is 0. The first-order valence-corrected chi connectivity index (χ1v) is 11.3. The SMILES string of the molecule is CCCC[C@H](C/C=C/[C@H]1CCC(=O)[C@@H]1C/C=C\CCC(O)(O)C(=O)OC)C1CC1. The van der Waals surface area contributed by atoms with Gasteiger partial charge in [0.1, 0.15) is 5.78 Å². The number of allylic oxidation sites excluding steroid dienone is 4. The van der Waals surface area contributed by atoms with Gasteiger partial charge in [-0.05, 0) is 62.7 Å². The zero-order valence-electron chi connectivity index (χ0n) is 18.0. The number of Topliss-reactive ketones (excluding diaryl/α,β-unsaturated/α-hetero) is 1. The second-order valence-electron chi connectivity index (χ2n) is 8.73. The Balaban J connectivity index is 1.78. The molecular weight excluding hydrogens is 368 g/mol. The van der Waals surface area contributed by atoms with Gasteiger partial charge in [-0.15, -0.1) is 0 Å². The molecule has 0 heterocycles. The van der Waals surface area contributed by atoms with Crippen LogP contribution in [0.1, 0.15) is 77.6 Å². The van der Waals surface area contributed by atoms with Crippen molar-refractivity contribution in [2.24, 2.45) is 23.7 Å². The van der Waals surface area contributed by atoms with Crippen molar-refractivity contribution in [3.63, 3.8) is 0 Å². The quantitative estimate of drug-likeness (QED) is 0.270. The van der Waals surface area contributed by atoms with Gasteiger partial charge in [0.2, 0.25) is 0 Å². The van der Waals surface area contributed by atoms with Crippen LogP contribution in [0.25, 0.3) is 0 Å². The number of rotatable bonds is 13. The molecule has 0 aliphatic heterocycles. The summed E-state index contributed by atoms with van der Waals surface area (Å²) >= 11 is 0. The van der Waals surface area contributed by atoms with Crippen LogP contribution in [-0.2, 0) is 14.3 Å². The highest BCUT2D eigenvalue weighted by Gasteiger charge is 2.34. The zero-order chi connectivity index (χ0) is 21.3. The first kappa shape index (κ1) is 23.8. The summed E-state index contributed by atoms with van der Waals surface area (Å²) in [6.07, 6.45) is 18.6. The van der Waals surface area contributed by atoms with Crippen molar-refractivity contribution in [3.8, 4) is 0 Å². The van der Waals surface area contributed by atoms with Crippen LogP contribution in [0, 0.1) is 23.7 Å². The van der Waals surface area contributed by atoms with E-state index >= 15 is 0 Å². The summed E-state index contributed by atoms with van der Waals surface area (Å²) in [7, 11) is 1.12. The Morgan fingerprint density at radius 3 is 2.66 bits per heavy atom.